The van der Waals surface area contributed by atoms with Crippen LogP contribution in [0.25, 0.3) is 0 Å². The zero-order valence-electron chi connectivity index (χ0n) is 52.0. The highest BCUT2D eigenvalue weighted by molar-refractivity contribution is 5.77. The minimum atomic E-state index is -0.562. The largest absolute Gasteiger partial charge is 0.508 e. The number of allylic oxidation sites excluding steroid dienone is 1. The molecule has 9 heteroatoms. The Kier molecular flexibility index (Phi) is 20.2. The van der Waals surface area contributed by atoms with E-state index in [2.05, 4.69) is 48.1 Å². The van der Waals surface area contributed by atoms with Crippen LogP contribution in [0.1, 0.15) is 234 Å². The first-order valence-corrected chi connectivity index (χ1v) is 31.2. The van der Waals surface area contributed by atoms with Gasteiger partial charge in [0.2, 0.25) is 0 Å². The fraction of sp³-hybridized carbons (Fsp3) is 0.690. The fourth-order valence-electron chi connectivity index (χ4n) is 16.2. The number of hydrogen-bond donors (Lipinski definition) is 3. The van der Waals surface area contributed by atoms with E-state index >= 15 is 0 Å². The van der Waals surface area contributed by atoms with Crippen molar-refractivity contribution in [1.29, 1.82) is 0 Å². The fourth-order valence-corrected chi connectivity index (χ4v) is 16.2. The van der Waals surface area contributed by atoms with Crippen LogP contribution in [0.4, 0.5) is 0 Å². The molecule has 3 N–H and O–H groups in total. The van der Waals surface area contributed by atoms with Crippen LogP contribution in [0, 0.1) is 63.6 Å². The molecule has 3 aromatic rings. The van der Waals surface area contributed by atoms with Gasteiger partial charge in [0, 0.05) is 18.9 Å². The maximum atomic E-state index is 13.7. The van der Waals surface area contributed by atoms with Crippen molar-refractivity contribution >= 4 is 11.9 Å². The van der Waals surface area contributed by atoms with Gasteiger partial charge in [-0.05, 0) is 276 Å². The van der Waals surface area contributed by atoms with E-state index in [0.717, 1.165) is 74.4 Å². The van der Waals surface area contributed by atoms with E-state index in [1.807, 2.05) is 84.9 Å². The molecule has 0 saturated heterocycles. The Morgan fingerprint density at radius 2 is 0.825 bits per heavy atom. The third-order valence-corrected chi connectivity index (χ3v) is 20.7. The molecule has 0 spiro atoms. The Hall–Kier alpha value is -4.50. The van der Waals surface area contributed by atoms with Crippen molar-refractivity contribution in [2.45, 2.75) is 234 Å². The number of carbonyl (C=O) groups is 2. The maximum Gasteiger partial charge on any atom is 0.312 e. The number of rotatable bonds is 21. The Bertz CT molecular complexity index is 2440. The monoisotopic (exact) mass is 1100 g/mol. The highest BCUT2D eigenvalue weighted by Gasteiger charge is 2.60. The lowest BCUT2D eigenvalue weighted by Crippen LogP contribution is -2.60. The number of benzene rings is 3. The molecule has 8 aliphatic rings. The van der Waals surface area contributed by atoms with Crippen LogP contribution in [0.5, 0.6) is 17.2 Å². The maximum absolute atomic E-state index is 13.7. The van der Waals surface area contributed by atoms with Gasteiger partial charge >= 0.3 is 11.9 Å². The standard InChI is InChI=1S/C27H40O4.C25H36O3.C19H30O2/c1-5-20(21-6-8-24(28)9-7-21)17-26(2,3)25(29)31-27(10-11-30-4)22-13-18-12-19(15-22)16-23(27)14-18;1-5-18(19-6-8-22(26)9-7-19)15-24(2,3)23(27)28-25(4)20-11-16-10-17(13-20)14-21(25)12-16;1-8-15(16-9-11-17(20)12-10-16)13-19(6,7)14(2)21-18(3,4)5/h6-9,18-20,22-23,28H,5,10-17H2,1-4H3;6-9,16-18,20-21,26H,5,10-15H2,1-4H3;9-12,15,20H,2,8,13H2,1,3-7H3. The van der Waals surface area contributed by atoms with Gasteiger partial charge in [-0.1, -0.05) is 77.6 Å². The second-order valence-electron chi connectivity index (χ2n) is 29.3. The van der Waals surface area contributed by atoms with E-state index in [9.17, 15) is 24.9 Å². The normalized spacial score (nSPS) is 28.6. The molecule has 9 nitrogen and oxygen atoms in total. The summed E-state index contributed by atoms with van der Waals surface area (Å²) in [7, 11) is 1.75. The van der Waals surface area contributed by atoms with Gasteiger partial charge < -0.3 is 34.3 Å². The number of phenols is 3. The van der Waals surface area contributed by atoms with Crippen molar-refractivity contribution in [2.75, 3.05) is 13.7 Å². The molecule has 8 aliphatic carbocycles. The molecule has 8 bridgehead atoms. The highest BCUT2D eigenvalue weighted by Crippen LogP contribution is 2.62. The van der Waals surface area contributed by atoms with E-state index < -0.39 is 10.8 Å². The summed E-state index contributed by atoms with van der Waals surface area (Å²) in [5.41, 5.74) is 1.63. The van der Waals surface area contributed by atoms with Gasteiger partial charge in [0.05, 0.1) is 23.2 Å². The molecule has 11 rings (SSSR count). The van der Waals surface area contributed by atoms with Gasteiger partial charge in [0.25, 0.3) is 0 Å². The lowest BCUT2D eigenvalue weighted by molar-refractivity contribution is -0.222. The van der Waals surface area contributed by atoms with Gasteiger partial charge in [-0.25, -0.2) is 0 Å². The topological polar surface area (TPSA) is 132 Å². The Morgan fingerprint density at radius 3 is 1.14 bits per heavy atom. The number of aromatic hydroxyl groups is 3. The Balaban J connectivity index is 0.000000177. The average Bonchev–Trinajstić information content (AvgIpc) is 3.56. The summed E-state index contributed by atoms with van der Waals surface area (Å²) in [5.74, 6) is 8.16. The van der Waals surface area contributed by atoms with Gasteiger partial charge in [0.1, 0.15) is 34.1 Å². The van der Waals surface area contributed by atoms with E-state index in [1.54, 1.807) is 43.5 Å². The molecular weight excluding hydrogens is 997 g/mol. The number of hydrogen-bond acceptors (Lipinski definition) is 9. The SMILES string of the molecule is C=C(OC(C)(C)C)C(C)(C)CC(CC)c1ccc(O)cc1.CCC(CC(C)(C)C(=O)OC1(C)C2CC3CC(C2)CC1C3)c1ccc(O)cc1.CCC(CC(C)(C)C(=O)OC1(CCOC)C2CC3CC(C2)CC1C3)c1ccc(O)cc1. The first kappa shape index (κ1) is 63.1. The van der Waals surface area contributed by atoms with Crippen LogP contribution in [0.3, 0.4) is 0 Å². The number of phenolic OH excluding ortho intramolecular Hbond substituents is 3. The third kappa shape index (κ3) is 15.0. The Labute approximate surface area is 483 Å². The lowest BCUT2D eigenvalue weighted by atomic mass is 9.49. The van der Waals surface area contributed by atoms with Crippen molar-refractivity contribution in [3.05, 3.63) is 102 Å². The molecule has 444 valence electrons. The molecule has 80 heavy (non-hydrogen) atoms. The predicted molar refractivity (Wildman–Crippen MR) is 322 cm³/mol. The van der Waals surface area contributed by atoms with Gasteiger partial charge in [0.15, 0.2) is 0 Å². The quantitative estimate of drug-likeness (QED) is 0.0705. The molecule has 0 aliphatic heterocycles. The number of methoxy groups -OCH3 is 1. The third-order valence-electron chi connectivity index (χ3n) is 20.7. The smallest absolute Gasteiger partial charge is 0.312 e. The second kappa shape index (κ2) is 25.6. The van der Waals surface area contributed by atoms with Gasteiger partial charge in [-0.2, -0.15) is 0 Å². The van der Waals surface area contributed by atoms with Crippen molar-refractivity contribution in [3.63, 3.8) is 0 Å². The molecule has 0 amide bonds. The molecular formula is C71H106O9. The summed E-state index contributed by atoms with van der Waals surface area (Å²) in [4.78, 5) is 27.0. The van der Waals surface area contributed by atoms with Gasteiger partial charge in [-0.3, -0.25) is 9.59 Å². The average molecular weight is 1100 g/mol. The first-order valence-electron chi connectivity index (χ1n) is 31.2. The summed E-state index contributed by atoms with van der Waals surface area (Å²) < 4.78 is 24.5. The highest BCUT2D eigenvalue weighted by atomic mass is 16.6. The molecule has 0 heterocycles. The summed E-state index contributed by atoms with van der Waals surface area (Å²) in [6, 6.07) is 22.4. The van der Waals surface area contributed by atoms with Crippen LogP contribution in [0.2, 0.25) is 0 Å². The van der Waals surface area contributed by atoms with E-state index in [0.29, 0.717) is 41.9 Å². The number of carbonyl (C=O) groups excluding carboxylic acids is 2. The van der Waals surface area contributed by atoms with E-state index in [4.69, 9.17) is 18.9 Å². The van der Waals surface area contributed by atoms with Gasteiger partial charge in [-0.15, -0.1) is 0 Å². The molecule has 3 unspecified atom stereocenters. The van der Waals surface area contributed by atoms with E-state index in [-0.39, 0.29) is 57.5 Å². The molecule has 8 fully saturated rings. The molecule has 0 aromatic heterocycles. The Morgan fingerprint density at radius 1 is 0.512 bits per heavy atom. The van der Waals surface area contributed by atoms with Crippen LogP contribution in [-0.4, -0.2) is 57.8 Å². The van der Waals surface area contributed by atoms with Crippen LogP contribution < -0.4 is 0 Å². The zero-order valence-corrected chi connectivity index (χ0v) is 52.0. The molecule has 3 atom stereocenters. The summed E-state index contributed by atoms with van der Waals surface area (Å²) in [5, 5.41) is 28.6. The lowest BCUT2D eigenvalue weighted by Gasteiger charge is -2.60. The van der Waals surface area contributed by atoms with Crippen molar-refractivity contribution in [3.8, 4) is 17.2 Å². The minimum absolute atomic E-state index is 0.0281. The van der Waals surface area contributed by atoms with Crippen molar-refractivity contribution in [2.24, 2.45) is 63.6 Å². The number of ether oxygens (including phenoxy) is 4. The summed E-state index contributed by atoms with van der Waals surface area (Å²) in [6.07, 6.45) is 19.0. The zero-order chi connectivity index (χ0) is 58.6. The van der Waals surface area contributed by atoms with Crippen molar-refractivity contribution in [1.82, 2.24) is 0 Å². The van der Waals surface area contributed by atoms with Crippen LogP contribution >= 0.6 is 0 Å². The summed E-state index contributed by atoms with van der Waals surface area (Å²) >= 11 is 0. The molecule has 3 aromatic carbocycles. The first-order chi connectivity index (χ1) is 37.5. The molecule has 0 radical (unpaired) electrons. The van der Waals surface area contributed by atoms with Crippen LogP contribution in [-0.2, 0) is 28.5 Å². The van der Waals surface area contributed by atoms with Crippen molar-refractivity contribution < 1.29 is 43.9 Å². The van der Waals surface area contributed by atoms with E-state index in [1.165, 1.54) is 80.9 Å². The molecule has 8 saturated carbocycles. The predicted octanol–water partition coefficient (Wildman–Crippen LogP) is 17.8. The summed E-state index contributed by atoms with van der Waals surface area (Å²) in [6.45, 7) is 32.2. The van der Waals surface area contributed by atoms with Crippen LogP contribution in [0.15, 0.2) is 85.1 Å². The minimum Gasteiger partial charge on any atom is -0.508 e. The second-order valence-corrected chi connectivity index (χ2v) is 29.3. The number of esters is 2.